The Hall–Kier alpha value is -0.910. The lowest BCUT2D eigenvalue weighted by Crippen LogP contribution is -2.41. The van der Waals surface area contributed by atoms with Gasteiger partial charge < -0.3 is 11.1 Å². The maximum absolute atomic E-state index is 12.4. The lowest BCUT2D eigenvalue weighted by atomic mass is 9.71. The smallest absolute Gasteiger partial charge is 0.220 e. The van der Waals surface area contributed by atoms with Gasteiger partial charge in [0.2, 0.25) is 5.91 Å². The van der Waals surface area contributed by atoms with Crippen LogP contribution in [-0.4, -0.2) is 37.0 Å². The first-order chi connectivity index (χ1) is 12.2. The second kappa shape index (κ2) is 9.15. The number of piperidine rings is 1. The van der Waals surface area contributed by atoms with Crippen LogP contribution >= 0.6 is 11.3 Å². The molecular weight excluding hydrogens is 330 g/mol. The quantitative estimate of drug-likeness (QED) is 0.781. The molecule has 0 spiro atoms. The monoisotopic (exact) mass is 363 g/mol. The second-order valence-corrected chi connectivity index (χ2v) is 9.08. The zero-order chi connectivity index (χ0) is 17.5. The zero-order valence-electron chi connectivity index (χ0n) is 15.3. The van der Waals surface area contributed by atoms with Crippen molar-refractivity contribution in [3.8, 4) is 0 Å². The van der Waals surface area contributed by atoms with E-state index in [4.69, 9.17) is 5.73 Å². The third kappa shape index (κ3) is 5.53. The Bertz CT molecular complexity index is 517. The molecule has 1 aliphatic heterocycles. The summed E-state index contributed by atoms with van der Waals surface area (Å²) in [6, 6.07) is 4.35. The summed E-state index contributed by atoms with van der Waals surface area (Å²) in [5.74, 6) is 0.845. The Labute approximate surface area is 156 Å². The van der Waals surface area contributed by atoms with Crippen molar-refractivity contribution in [1.82, 2.24) is 10.2 Å². The lowest BCUT2D eigenvalue weighted by molar-refractivity contribution is -0.124. The van der Waals surface area contributed by atoms with Gasteiger partial charge in [-0.3, -0.25) is 9.69 Å². The van der Waals surface area contributed by atoms with E-state index < -0.39 is 0 Å². The predicted octanol–water partition coefficient (Wildman–Crippen LogP) is 3.38. The Balaban J connectivity index is 1.35. The van der Waals surface area contributed by atoms with Crippen molar-refractivity contribution in [2.75, 3.05) is 26.2 Å². The SMILES string of the molecule is NCC1(CC(=O)NCC2CCN(Cc3cccs3)CC2)CCCCC1. The molecule has 1 aromatic heterocycles. The van der Waals surface area contributed by atoms with Crippen LogP contribution in [0.2, 0.25) is 0 Å². The molecule has 1 saturated carbocycles. The molecule has 1 saturated heterocycles. The van der Waals surface area contributed by atoms with Gasteiger partial charge in [0, 0.05) is 24.4 Å². The van der Waals surface area contributed by atoms with E-state index >= 15 is 0 Å². The summed E-state index contributed by atoms with van der Waals surface area (Å²) in [6.07, 6.45) is 9.01. The number of thiophene rings is 1. The van der Waals surface area contributed by atoms with Gasteiger partial charge in [-0.15, -0.1) is 11.3 Å². The lowest BCUT2D eigenvalue weighted by Gasteiger charge is -2.36. The summed E-state index contributed by atoms with van der Waals surface area (Å²) in [6.45, 7) is 4.86. The molecule has 3 N–H and O–H groups in total. The maximum Gasteiger partial charge on any atom is 0.220 e. The molecule has 1 amide bonds. The minimum Gasteiger partial charge on any atom is -0.356 e. The van der Waals surface area contributed by atoms with Gasteiger partial charge in [-0.05, 0) is 68.1 Å². The number of hydrogen-bond donors (Lipinski definition) is 2. The van der Waals surface area contributed by atoms with Crippen LogP contribution in [0.15, 0.2) is 17.5 Å². The summed E-state index contributed by atoms with van der Waals surface area (Å²) < 4.78 is 0. The Kier molecular flexibility index (Phi) is 6.91. The first-order valence-electron chi connectivity index (χ1n) is 9.91. The molecule has 0 aromatic carbocycles. The van der Waals surface area contributed by atoms with E-state index in [1.54, 1.807) is 0 Å². The number of carbonyl (C=O) groups is 1. The molecule has 4 nitrogen and oxygen atoms in total. The molecule has 0 atom stereocenters. The van der Waals surface area contributed by atoms with Gasteiger partial charge >= 0.3 is 0 Å². The first-order valence-corrected chi connectivity index (χ1v) is 10.8. The third-order valence-electron chi connectivity index (χ3n) is 6.14. The number of hydrogen-bond acceptors (Lipinski definition) is 4. The Morgan fingerprint density at radius 1 is 1.28 bits per heavy atom. The van der Waals surface area contributed by atoms with Crippen molar-refractivity contribution in [3.63, 3.8) is 0 Å². The van der Waals surface area contributed by atoms with Crippen molar-refractivity contribution in [2.45, 2.75) is 57.9 Å². The number of carbonyl (C=O) groups excluding carboxylic acids is 1. The molecule has 25 heavy (non-hydrogen) atoms. The highest BCUT2D eigenvalue weighted by Gasteiger charge is 2.33. The van der Waals surface area contributed by atoms with E-state index in [1.165, 1.54) is 37.0 Å². The number of nitrogens with one attached hydrogen (secondary N) is 1. The Morgan fingerprint density at radius 2 is 2.04 bits per heavy atom. The van der Waals surface area contributed by atoms with E-state index in [1.807, 2.05) is 11.3 Å². The summed E-state index contributed by atoms with van der Waals surface area (Å²) in [7, 11) is 0. The van der Waals surface area contributed by atoms with Crippen molar-refractivity contribution in [1.29, 1.82) is 0 Å². The van der Waals surface area contributed by atoms with Crippen LogP contribution < -0.4 is 11.1 Å². The van der Waals surface area contributed by atoms with Crippen LogP contribution in [0.5, 0.6) is 0 Å². The van der Waals surface area contributed by atoms with Crippen LogP contribution in [0.3, 0.4) is 0 Å². The molecule has 2 heterocycles. The van der Waals surface area contributed by atoms with Crippen LogP contribution in [-0.2, 0) is 11.3 Å². The minimum atomic E-state index is 0.0758. The van der Waals surface area contributed by atoms with Crippen molar-refractivity contribution < 1.29 is 4.79 Å². The number of amides is 1. The van der Waals surface area contributed by atoms with E-state index in [0.717, 1.165) is 39.0 Å². The van der Waals surface area contributed by atoms with Gasteiger partial charge in [0.15, 0.2) is 0 Å². The average Bonchev–Trinajstić information content (AvgIpc) is 3.15. The third-order valence-corrected chi connectivity index (χ3v) is 7.00. The Morgan fingerprint density at radius 3 is 2.68 bits per heavy atom. The number of likely N-dealkylation sites (tertiary alicyclic amines) is 1. The van der Waals surface area contributed by atoms with Crippen LogP contribution in [0.4, 0.5) is 0 Å². The molecule has 0 bridgehead atoms. The molecule has 2 aliphatic rings. The van der Waals surface area contributed by atoms with E-state index in [2.05, 4.69) is 27.7 Å². The highest BCUT2D eigenvalue weighted by atomic mass is 32.1. The van der Waals surface area contributed by atoms with E-state index in [9.17, 15) is 4.79 Å². The zero-order valence-corrected chi connectivity index (χ0v) is 16.2. The molecule has 2 fully saturated rings. The topological polar surface area (TPSA) is 58.4 Å². The van der Waals surface area contributed by atoms with Crippen molar-refractivity contribution >= 4 is 17.2 Å². The number of rotatable bonds is 7. The van der Waals surface area contributed by atoms with Gasteiger partial charge in [0.25, 0.3) is 0 Å². The van der Waals surface area contributed by atoms with Gasteiger partial charge in [-0.25, -0.2) is 0 Å². The highest BCUT2D eigenvalue weighted by Crippen LogP contribution is 2.38. The summed E-state index contributed by atoms with van der Waals surface area (Å²) in [5.41, 5.74) is 6.09. The fourth-order valence-electron chi connectivity index (χ4n) is 4.39. The van der Waals surface area contributed by atoms with Crippen LogP contribution in [0, 0.1) is 11.3 Å². The van der Waals surface area contributed by atoms with Crippen molar-refractivity contribution in [2.24, 2.45) is 17.1 Å². The minimum absolute atomic E-state index is 0.0758. The summed E-state index contributed by atoms with van der Waals surface area (Å²) in [5, 5.41) is 5.36. The summed E-state index contributed by atoms with van der Waals surface area (Å²) >= 11 is 1.84. The standard InChI is InChI=1S/C20H33N3OS/c21-16-20(8-2-1-3-9-20)13-19(24)22-14-17-6-10-23(11-7-17)15-18-5-4-12-25-18/h4-5,12,17H,1-3,6-11,13-16,21H2,(H,22,24). The fraction of sp³-hybridized carbons (Fsp3) is 0.750. The predicted molar refractivity (Wildman–Crippen MR) is 105 cm³/mol. The summed E-state index contributed by atoms with van der Waals surface area (Å²) in [4.78, 5) is 16.4. The second-order valence-electron chi connectivity index (χ2n) is 8.04. The number of nitrogens with zero attached hydrogens (tertiary/aromatic N) is 1. The molecular formula is C20H33N3OS. The fourth-order valence-corrected chi connectivity index (χ4v) is 5.13. The normalized spacial score (nSPS) is 22.0. The maximum atomic E-state index is 12.4. The molecule has 0 unspecified atom stereocenters. The van der Waals surface area contributed by atoms with Gasteiger partial charge in [-0.1, -0.05) is 25.3 Å². The highest BCUT2D eigenvalue weighted by molar-refractivity contribution is 7.09. The largest absolute Gasteiger partial charge is 0.356 e. The molecule has 1 aliphatic carbocycles. The molecule has 140 valence electrons. The average molecular weight is 364 g/mol. The van der Waals surface area contributed by atoms with Crippen molar-refractivity contribution in [3.05, 3.63) is 22.4 Å². The molecule has 5 heteroatoms. The van der Waals surface area contributed by atoms with Crippen LogP contribution in [0.25, 0.3) is 0 Å². The molecule has 3 rings (SSSR count). The van der Waals surface area contributed by atoms with Gasteiger partial charge in [0.1, 0.15) is 0 Å². The van der Waals surface area contributed by atoms with Gasteiger partial charge in [-0.2, -0.15) is 0 Å². The number of nitrogens with two attached hydrogens (primary N) is 1. The van der Waals surface area contributed by atoms with E-state index in [0.29, 0.717) is 18.9 Å². The van der Waals surface area contributed by atoms with E-state index in [-0.39, 0.29) is 11.3 Å². The van der Waals surface area contributed by atoms with Crippen LogP contribution in [0.1, 0.15) is 56.2 Å². The molecule has 1 aromatic rings. The van der Waals surface area contributed by atoms with Gasteiger partial charge in [0.05, 0.1) is 0 Å². The first kappa shape index (κ1) is 18.9. The molecule has 0 radical (unpaired) electrons.